The summed E-state index contributed by atoms with van der Waals surface area (Å²) in [7, 11) is 0. The molecule has 0 atom stereocenters. The van der Waals surface area contributed by atoms with E-state index in [0.29, 0.717) is 30.3 Å². The molecule has 6 nitrogen and oxygen atoms in total. The molecule has 2 aromatic carbocycles. The van der Waals surface area contributed by atoms with E-state index in [0.717, 1.165) is 12.1 Å². The maximum Gasteiger partial charge on any atom is 0.254 e. The average Bonchev–Trinajstić information content (AvgIpc) is 2.66. The van der Waals surface area contributed by atoms with Gasteiger partial charge in [-0.15, -0.1) is 0 Å². The van der Waals surface area contributed by atoms with E-state index in [1.165, 1.54) is 0 Å². The zero-order valence-electron chi connectivity index (χ0n) is 15.4. The van der Waals surface area contributed by atoms with Gasteiger partial charge in [-0.2, -0.15) is 0 Å². The number of anilines is 1. The van der Waals surface area contributed by atoms with Crippen molar-refractivity contribution in [2.45, 2.75) is 19.8 Å². The lowest BCUT2D eigenvalue weighted by Gasteiger charge is -2.08. The van der Waals surface area contributed by atoms with E-state index >= 15 is 0 Å². The molecule has 0 saturated carbocycles. The van der Waals surface area contributed by atoms with Crippen LogP contribution >= 0.6 is 0 Å². The molecule has 0 aliphatic heterocycles. The van der Waals surface area contributed by atoms with Gasteiger partial charge in [-0.25, -0.2) is 8.78 Å². The minimum absolute atomic E-state index is 0.143. The smallest absolute Gasteiger partial charge is 0.254 e. The number of nitrogens with one attached hydrogen (secondary N) is 3. The lowest BCUT2D eigenvalue weighted by molar-refractivity contribution is -0.116. The molecule has 0 aliphatic rings. The molecule has 0 radical (unpaired) electrons. The third-order valence-electron chi connectivity index (χ3n) is 3.81. The quantitative estimate of drug-likeness (QED) is 0.607. The third kappa shape index (κ3) is 6.15. The standard InChI is InChI=1S/C20H21F2N3O3/c1-2-23-19(27)13-5-8-15(9-6-13)25-18(26)4-3-11-24-20(28)16-10-7-14(21)12-17(16)22/h5-10,12H,2-4,11H2,1H3,(H,23,27)(H,24,28)(H,25,26). The Morgan fingerprint density at radius 1 is 0.929 bits per heavy atom. The summed E-state index contributed by atoms with van der Waals surface area (Å²) in [5.74, 6) is -2.81. The minimum atomic E-state index is -0.939. The molecule has 0 aliphatic carbocycles. The van der Waals surface area contributed by atoms with Gasteiger partial charge in [0.1, 0.15) is 11.6 Å². The first-order valence-electron chi connectivity index (χ1n) is 8.82. The van der Waals surface area contributed by atoms with E-state index in [1.807, 2.05) is 6.92 Å². The minimum Gasteiger partial charge on any atom is -0.352 e. The van der Waals surface area contributed by atoms with E-state index in [2.05, 4.69) is 16.0 Å². The van der Waals surface area contributed by atoms with Crippen molar-refractivity contribution in [3.05, 3.63) is 65.2 Å². The summed E-state index contributed by atoms with van der Waals surface area (Å²) in [6.45, 7) is 2.52. The molecular formula is C20H21F2N3O3. The summed E-state index contributed by atoms with van der Waals surface area (Å²) in [6.07, 6.45) is 0.488. The molecule has 0 saturated heterocycles. The van der Waals surface area contributed by atoms with Gasteiger partial charge in [0.05, 0.1) is 5.56 Å². The topological polar surface area (TPSA) is 87.3 Å². The Kier molecular flexibility index (Phi) is 7.62. The molecule has 2 aromatic rings. The first kappa shape index (κ1) is 21.0. The summed E-state index contributed by atoms with van der Waals surface area (Å²) in [4.78, 5) is 35.4. The van der Waals surface area contributed by atoms with Gasteiger partial charge in [-0.05, 0) is 49.7 Å². The molecule has 0 heterocycles. The second-order valence-electron chi connectivity index (χ2n) is 5.97. The van der Waals surface area contributed by atoms with Crippen molar-refractivity contribution in [1.29, 1.82) is 0 Å². The van der Waals surface area contributed by atoms with Crippen LogP contribution in [0.2, 0.25) is 0 Å². The van der Waals surface area contributed by atoms with Crippen molar-refractivity contribution >= 4 is 23.4 Å². The number of amides is 3. The lowest BCUT2D eigenvalue weighted by atomic mass is 10.2. The van der Waals surface area contributed by atoms with Crippen molar-refractivity contribution in [1.82, 2.24) is 10.6 Å². The van der Waals surface area contributed by atoms with E-state index in [9.17, 15) is 23.2 Å². The highest BCUT2D eigenvalue weighted by Crippen LogP contribution is 2.11. The van der Waals surface area contributed by atoms with Crippen molar-refractivity contribution in [3.63, 3.8) is 0 Å². The van der Waals surface area contributed by atoms with Gasteiger partial charge in [0.15, 0.2) is 0 Å². The monoisotopic (exact) mass is 389 g/mol. The highest BCUT2D eigenvalue weighted by Gasteiger charge is 2.12. The van der Waals surface area contributed by atoms with Crippen LogP contribution in [-0.2, 0) is 4.79 Å². The van der Waals surface area contributed by atoms with Crippen LogP contribution < -0.4 is 16.0 Å². The zero-order chi connectivity index (χ0) is 20.5. The van der Waals surface area contributed by atoms with Gasteiger partial charge in [-0.1, -0.05) is 0 Å². The number of rotatable bonds is 8. The van der Waals surface area contributed by atoms with Crippen LogP contribution in [0.5, 0.6) is 0 Å². The largest absolute Gasteiger partial charge is 0.352 e. The SMILES string of the molecule is CCNC(=O)c1ccc(NC(=O)CCCNC(=O)c2ccc(F)cc2F)cc1. The van der Waals surface area contributed by atoms with E-state index < -0.39 is 17.5 Å². The van der Waals surface area contributed by atoms with Gasteiger partial charge in [0.2, 0.25) is 5.91 Å². The molecule has 0 aromatic heterocycles. The second-order valence-corrected chi connectivity index (χ2v) is 5.97. The van der Waals surface area contributed by atoms with Gasteiger partial charge < -0.3 is 16.0 Å². The second kappa shape index (κ2) is 10.1. The van der Waals surface area contributed by atoms with E-state index in [4.69, 9.17) is 0 Å². The number of hydrogen-bond donors (Lipinski definition) is 3. The molecule has 8 heteroatoms. The van der Waals surface area contributed by atoms with E-state index in [-0.39, 0.29) is 30.3 Å². The Morgan fingerprint density at radius 2 is 1.64 bits per heavy atom. The fraction of sp³-hybridized carbons (Fsp3) is 0.250. The van der Waals surface area contributed by atoms with Crippen LogP contribution in [-0.4, -0.2) is 30.8 Å². The van der Waals surface area contributed by atoms with Crippen LogP contribution in [0.15, 0.2) is 42.5 Å². The summed E-state index contributed by atoms with van der Waals surface area (Å²) in [5, 5.41) is 7.86. The maximum atomic E-state index is 13.5. The van der Waals surface area contributed by atoms with Gasteiger partial charge in [-0.3, -0.25) is 14.4 Å². The molecule has 3 amide bonds. The Labute approximate surface area is 161 Å². The van der Waals surface area contributed by atoms with Gasteiger partial charge in [0.25, 0.3) is 11.8 Å². The molecule has 2 rings (SSSR count). The number of hydrogen-bond acceptors (Lipinski definition) is 3. The Morgan fingerprint density at radius 3 is 2.29 bits per heavy atom. The van der Waals surface area contributed by atoms with Crippen molar-refractivity contribution in [2.24, 2.45) is 0 Å². The van der Waals surface area contributed by atoms with Crippen molar-refractivity contribution < 1.29 is 23.2 Å². The first-order chi connectivity index (χ1) is 13.4. The molecule has 3 N–H and O–H groups in total. The van der Waals surface area contributed by atoms with Gasteiger partial charge in [0, 0.05) is 36.8 Å². The van der Waals surface area contributed by atoms with Crippen molar-refractivity contribution in [2.75, 3.05) is 18.4 Å². The molecule has 0 fully saturated rings. The summed E-state index contributed by atoms with van der Waals surface area (Å²) < 4.78 is 26.4. The van der Waals surface area contributed by atoms with Crippen LogP contribution in [0.3, 0.4) is 0 Å². The van der Waals surface area contributed by atoms with Crippen LogP contribution in [0.25, 0.3) is 0 Å². The van der Waals surface area contributed by atoms with Crippen LogP contribution in [0.1, 0.15) is 40.5 Å². The van der Waals surface area contributed by atoms with E-state index in [1.54, 1.807) is 24.3 Å². The molecule has 0 spiro atoms. The molecule has 28 heavy (non-hydrogen) atoms. The Hall–Kier alpha value is -3.29. The highest BCUT2D eigenvalue weighted by atomic mass is 19.1. The van der Waals surface area contributed by atoms with Crippen molar-refractivity contribution in [3.8, 4) is 0 Å². The van der Waals surface area contributed by atoms with Crippen LogP contribution in [0.4, 0.5) is 14.5 Å². The number of halogens is 2. The highest BCUT2D eigenvalue weighted by molar-refractivity contribution is 5.96. The lowest BCUT2D eigenvalue weighted by Crippen LogP contribution is -2.26. The average molecular weight is 389 g/mol. The van der Waals surface area contributed by atoms with Gasteiger partial charge >= 0.3 is 0 Å². The number of carbonyl (C=O) groups excluding carboxylic acids is 3. The Bertz CT molecular complexity index is 854. The normalized spacial score (nSPS) is 10.2. The predicted molar refractivity (Wildman–Crippen MR) is 101 cm³/mol. The fourth-order valence-electron chi connectivity index (χ4n) is 2.41. The molecule has 148 valence electrons. The summed E-state index contributed by atoms with van der Waals surface area (Å²) >= 11 is 0. The summed E-state index contributed by atoms with van der Waals surface area (Å²) in [6, 6.07) is 9.18. The summed E-state index contributed by atoms with van der Waals surface area (Å²) in [5.41, 5.74) is 0.795. The number of carbonyl (C=O) groups is 3. The molecular weight excluding hydrogens is 368 g/mol. The molecule has 0 unspecified atom stereocenters. The molecule has 0 bridgehead atoms. The van der Waals surface area contributed by atoms with Crippen LogP contribution in [0, 0.1) is 11.6 Å². The number of benzene rings is 2. The third-order valence-corrected chi connectivity index (χ3v) is 3.81. The fourth-order valence-corrected chi connectivity index (χ4v) is 2.41. The zero-order valence-corrected chi connectivity index (χ0v) is 15.4. The first-order valence-corrected chi connectivity index (χ1v) is 8.82. The predicted octanol–water partition coefficient (Wildman–Crippen LogP) is 2.86. The maximum absolute atomic E-state index is 13.5. The Balaban J connectivity index is 1.74.